The highest BCUT2D eigenvalue weighted by atomic mass is 32.1. The summed E-state index contributed by atoms with van der Waals surface area (Å²) in [6, 6.07) is 12.4. The van der Waals surface area contributed by atoms with E-state index in [0.29, 0.717) is 0 Å². The van der Waals surface area contributed by atoms with Crippen molar-refractivity contribution in [3.63, 3.8) is 0 Å². The van der Waals surface area contributed by atoms with Crippen LogP contribution in [0.3, 0.4) is 0 Å². The molecule has 1 aliphatic rings. The van der Waals surface area contributed by atoms with E-state index in [1.807, 2.05) is 24.4 Å². The van der Waals surface area contributed by atoms with Crippen LogP contribution < -0.4 is 9.64 Å². The first-order valence-electron chi connectivity index (χ1n) is 8.93. The van der Waals surface area contributed by atoms with E-state index in [9.17, 15) is 0 Å². The molecule has 5 nitrogen and oxygen atoms in total. The number of rotatable bonds is 6. The fourth-order valence-corrected chi connectivity index (χ4v) is 4.17. The van der Waals surface area contributed by atoms with Gasteiger partial charge in [-0.3, -0.25) is 4.90 Å². The molecule has 2 aromatic heterocycles. The number of benzene rings is 1. The van der Waals surface area contributed by atoms with Crippen molar-refractivity contribution in [2.24, 2.45) is 0 Å². The quantitative estimate of drug-likeness (QED) is 0.661. The highest BCUT2D eigenvalue weighted by Gasteiger charge is 2.20. The molecule has 0 N–H and O–H groups in total. The highest BCUT2D eigenvalue weighted by Crippen LogP contribution is 2.29. The Morgan fingerprint density at radius 3 is 2.73 bits per heavy atom. The number of hydrogen-bond donors (Lipinski definition) is 0. The number of anilines is 1. The second kappa shape index (κ2) is 7.93. The van der Waals surface area contributed by atoms with Crippen LogP contribution >= 0.6 is 11.3 Å². The number of nitrogens with zero attached hydrogens (tertiary/aromatic N) is 3. The largest absolute Gasteiger partial charge is 0.495 e. The summed E-state index contributed by atoms with van der Waals surface area (Å²) in [5.41, 5.74) is 2.38. The lowest BCUT2D eigenvalue weighted by atomic mass is 10.1. The molecule has 0 saturated carbocycles. The monoisotopic (exact) mass is 369 g/mol. The average Bonchev–Trinajstić information content (AvgIpc) is 3.38. The van der Waals surface area contributed by atoms with E-state index in [1.165, 1.54) is 11.3 Å². The second-order valence-electron chi connectivity index (χ2n) is 6.41. The Morgan fingerprint density at radius 1 is 1.12 bits per heavy atom. The highest BCUT2D eigenvalue weighted by molar-refractivity contribution is 7.13. The van der Waals surface area contributed by atoms with Gasteiger partial charge in [0.2, 0.25) is 0 Å². The lowest BCUT2D eigenvalue weighted by Crippen LogP contribution is -2.47. The number of piperazine rings is 1. The van der Waals surface area contributed by atoms with Gasteiger partial charge in [0.25, 0.3) is 0 Å². The molecular formula is C20H23N3O2S. The van der Waals surface area contributed by atoms with Gasteiger partial charge in [-0.05, 0) is 30.0 Å². The first-order chi connectivity index (χ1) is 12.8. The Kier molecular flexibility index (Phi) is 5.22. The van der Waals surface area contributed by atoms with Crippen molar-refractivity contribution in [3.8, 4) is 16.4 Å². The Balaban J connectivity index is 1.33. The normalized spacial score (nSPS) is 15.3. The maximum Gasteiger partial charge on any atom is 0.179 e. The molecule has 0 unspecified atom stereocenters. The van der Waals surface area contributed by atoms with Crippen molar-refractivity contribution in [2.45, 2.75) is 6.42 Å². The van der Waals surface area contributed by atoms with Crippen LogP contribution in [0.5, 0.6) is 5.75 Å². The summed E-state index contributed by atoms with van der Waals surface area (Å²) in [6.07, 6.45) is 2.82. The molecule has 4 rings (SSSR count). The topological polar surface area (TPSA) is 41.7 Å². The van der Waals surface area contributed by atoms with E-state index >= 15 is 0 Å². The van der Waals surface area contributed by atoms with Gasteiger partial charge in [-0.1, -0.05) is 23.4 Å². The first kappa shape index (κ1) is 17.1. The molecule has 3 heterocycles. The fraction of sp³-hybridized carbons (Fsp3) is 0.350. The maximum atomic E-state index is 5.50. The molecule has 136 valence electrons. The summed E-state index contributed by atoms with van der Waals surface area (Å²) < 4.78 is 11.0. The minimum Gasteiger partial charge on any atom is -0.495 e. The number of thiophene rings is 1. The van der Waals surface area contributed by atoms with Gasteiger partial charge >= 0.3 is 0 Å². The Labute approximate surface area is 157 Å². The molecule has 1 aromatic carbocycles. The molecule has 0 radical (unpaired) electrons. The van der Waals surface area contributed by atoms with Crippen LogP contribution in [-0.2, 0) is 6.42 Å². The lowest BCUT2D eigenvalue weighted by molar-refractivity contribution is 0.260. The third-order valence-corrected chi connectivity index (χ3v) is 5.75. The molecule has 1 fully saturated rings. The van der Waals surface area contributed by atoms with Crippen molar-refractivity contribution < 1.29 is 9.26 Å². The minimum atomic E-state index is 0.924. The Hall–Kier alpha value is -2.31. The Morgan fingerprint density at radius 2 is 1.96 bits per heavy atom. The van der Waals surface area contributed by atoms with Crippen molar-refractivity contribution in [3.05, 3.63) is 53.5 Å². The van der Waals surface area contributed by atoms with E-state index in [2.05, 4.69) is 38.5 Å². The molecule has 26 heavy (non-hydrogen) atoms. The molecule has 0 atom stereocenters. The summed E-state index contributed by atoms with van der Waals surface area (Å²) in [7, 11) is 1.74. The fourth-order valence-electron chi connectivity index (χ4n) is 3.43. The van der Waals surface area contributed by atoms with Gasteiger partial charge in [0, 0.05) is 38.3 Å². The first-order valence-corrected chi connectivity index (χ1v) is 9.81. The number of aromatic nitrogens is 1. The zero-order valence-electron chi connectivity index (χ0n) is 14.9. The predicted octanol–water partition coefficient (Wildman–Crippen LogP) is 3.78. The third-order valence-electron chi connectivity index (χ3n) is 4.88. The SMILES string of the molecule is COc1ccccc1N1CCN(CCc2cnoc2-c2cccs2)CC1. The molecule has 6 heteroatoms. The van der Waals surface area contributed by atoms with Gasteiger partial charge in [-0.25, -0.2) is 0 Å². The Bertz CT molecular complexity index is 823. The summed E-state index contributed by atoms with van der Waals surface area (Å²) in [4.78, 5) is 6.07. The van der Waals surface area contributed by atoms with E-state index in [1.54, 1.807) is 18.4 Å². The van der Waals surface area contributed by atoms with Gasteiger partial charge in [0.1, 0.15) is 5.75 Å². The van der Waals surface area contributed by atoms with Crippen LogP contribution in [-0.4, -0.2) is 49.9 Å². The van der Waals surface area contributed by atoms with Crippen LogP contribution in [0, 0.1) is 0 Å². The number of ether oxygens (including phenoxy) is 1. The van der Waals surface area contributed by atoms with Crippen LogP contribution in [0.25, 0.3) is 10.6 Å². The van der Waals surface area contributed by atoms with Crippen LogP contribution in [0.1, 0.15) is 5.56 Å². The van der Waals surface area contributed by atoms with Crippen LogP contribution in [0.15, 0.2) is 52.5 Å². The molecule has 0 amide bonds. The molecule has 3 aromatic rings. The van der Waals surface area contributed by atoms with Crippen LogP contribution in [0.2, 0.25) is 0 Å². The van der Waals surface area contributed by atoms with Gasteiger partial charge < -0.3 is 14.2 Å². The average molecular weight is 369 g/mol. The number of para-hydroxylation sites is 2. The summed E-state index contributed by atoms with van der Waals surface area (Å²) in [5, 5.41) is 6.07. The molecular weight excluding hydrogens is 346 g/mol. The molecule has 0 spiro atoms. The standard InChI is InChI=1S/C20H23N3O2S/c1-24-18-6-3-2-5-17(18)23-12-10-22(11-13-23)9-8-16-15-21-25-20(16)19-7-4-14-26-19/h2-7,14-15H,8-13H2,1H3. The second-order valence-corrected chi connectivity index (χ2v) is 7.36. The zero-order valence-corrected chi connectivity index (χ0v) is 15.7. The third kappa shape index (κ3) is 3.61. The summed E-state index contributed by atoms with van der Waals surface area (Å²) in [5.74, 6) is 1.87. The maximum absolute atomic E-state index is 5.50. The minimum absolute atomic E-state index is 0.924. The summed E-state index contributed by atoms with van der Waals surface area (Å²) >= 11 is 1.69. The smallest absolute Gasteiger partial charge is 0.179 e. The number of hydrogen-bond acceptors (Lipinski definition) is 6. The van der Waals surface area contributed by atoms with Crippen LogP contribution in [0.4, 0.5) is 5.69 Å². The van der Waals surface area contributed by atoms with E-state index < -0.39 is 0 Å². The van der Waals surface area contributed by atoms with Crippen molar-refractivity contribution >= 4 is 17.0 Å². The van der Waals surface area contributed by atoms with Crippen molar-refractivity contribution in [1.82, 2.24) is 10.1 Å². The van der Waals surface area contributed by atoms with Gasteiger partial charge in [0.15, 0.2) is 5.76 Å². The molecule has 1 saturated heterocycles. The van der Waals surface area contributed by atoms with E-state index in [4.69, 9.17) is 9.26 Å². The van der Waals surface area contributed by atoms with E-state index in [0.717, 1.165) is 55.5 Å². The van der Waals surface area contributed by atoms with Crippen molar-refractivity contribution in [2.75, 3.05) is 44.7 Å². The molecule has 1 aliphatic heterocycles. The van der Waals surface area contributed by atoms with Gasteiger partial charge in [-0.15, -0.1) is 11.3 Å². The predicted molar refractivity (Wildman–Crippen MR) is 105 cm³/mol. The molecule has 0 aliphatic carbocycles. The lowest BCUT2D eigenvalue weighted by Gasteiger charge is -2.36. The molecule has 0 bridgehead atoms. The van der Waals surface area contributed by atoms with E-state index in [-0.39, 0.29) is 0 Å². The number of methoxy groups -OCH3 is 1. The van der Waals surface area contributed by atoms with Gasteiger partial charge in [0.05, 0.1) is 23.9 Å². The zero-order chi connectivity index (χ0) is 17.8. The van der Waals surface area contributed by atoms with Gasteiger partial charge in [-0.2, -0.15) is 0 Å². The van der Waals surface area contributed by atoms with Crippen molar-refractivity contribution in [1.29, 1.82) is 0 Å². The summed E-state index contributed by atoms with van der Waals surface area (Å²) in [6.45, 7) is 5.16.